The zero-order chi connectivity index (χ0) is 38.8. The lowest BCUT2D eigenvalue weighted by molar-refractivity contribution is 0.669. The summed E-state index contributed by atoms with van der Waals surface area (Å²) in [6.07, 6.45) is 6.55. The molecule has 8 aromatic carbocycles. The van der Waals surface area contributed by atoms with Crippen molar-refractivity contribution in [2.45, 2.75) is 12.3 Å². The maximum absolute atomic E-state index is 6.28. The summed E-state index contributed by atoms with van der Waals surface area (Å²) < 4.78 is 6.28. The number of furan rings is 1. The average molecular weight is 742 g/mol. The van der Waals surface area contributed by atoms with Crippen molar-refractivity contribution in [1.29, 1.82) is 0 Å². The lowest BCUT2D eigenvalue weighted by Crippen LogP contribution is -2.27. The molecule has 0 aliphatic heterocycles. The Morgan fingerprint density at radius 1 is 0.500 bits per heavy atom. The number of benzene rings is 8. The van der Waals surface area contributed by atoms with Gasteiger partial charge in [0, 0.05) is 27.7 Å². The van der Waals surface area contributed by atoms with Gasteiger partial charge in [0.2, 0.25) is 0 Å². The van der Waals surface area contributed by atoms with Gasteiger partial charge in [-0.3, -0.25) is 0 Å². The molecular weight excluding hydrogens is 703 g/mol. The molecule has 2 aliphatic carbocycles. The van der Waals surface area contributed by atoms with Crippen LogP contribution in [0.5, 0.6) is 0 Å². The Kier molecular flexibility index (Phi) is 7.80. The summed E-state index contributed by atoms with van der Waals surface area (Å²) in [6.45, 7) is 6.62. The van der Waals surface area contributed by atoms with E-state index in [1.54, 1.807) is 0 Å². The van der Waals surface area contributed by atoms with Gasteiger partial charge in [-0.1, -0.05) is 164 Å². The maximum Gasteiger partial charge on any atom is 0.136 e. The number of hydrogen-bond acceptors (Lipinski definition) is 2. The number of hydrogen-bond donors (Lipinski definition) is 0. The maximum atomic E-state index is 6.28. The smallest absolute Gasteiger partial charge is 0.136 e. The zero-order valence-electron chi connectivity index (χ0n) is 32.2. The topological polar surface area (TPSA) is 16.4 Å². The molecule has 1 aromatic heterocycles. The van der Waals surface area contributed by atoms with Crippen LogP contribution in [0.15, 0.2) is 223 Å². The molecular formula is C56H39NO. The molecule has 11 rings (SSSR count). The van der Waals surface area contributed by atoms with Gasteiger partial charge in [-0.15, -0.1) is 0 Å². The Morgan fingerprint density at radius 3 is 1.72 bits per heavy atom. The number of allylic oxidation sites excluding steroid dienone is 5. The minimum Gasteiger partial charge on any atom is -0.456 e. The van der Waals surface area contributed by atoms with Gasteiger partial charge in [0.1, 0.15) is 11.2 Å². The van der Waals surface area contributed by atoms with Crippen molar-refractivity contribution < 1.29 is 4.42 Å². The second kappa shape index (κ2) is 13.4. The minimum atomic E-state index is -0.503. The standard InChI is InChI=1S/C56H39NO/c1-3-15-47-48(4-2)56(49-21-11-8-18-43(49)44-19-9-12-22-50(44)56)51-23-14-24-52(55(47)51)57(41-31-26-38(27-32-41)37-16-6-5-7-17-37)42-33-28-39(29-34-42)40-30-35-46-45-20-10-13-25-53(45)58-54(46)36-40/h3-36H,2H2,1H3/b15-3-. The van der Waals surface area contributed by atoms with E-state index in [1.807, 2.05) is 12.1 Å². The molecule has 58 heavy (non-hydrogen) atoms. The molecule has 0 bridgehead atoms. The van der Waals surface area contributed by atoms with E-state index in [4.69, 9.17) is 4.42 Å². The van der Waals surface area contributed by atoms with Crippen LogP contribution in [0, 0.1) is 0 Å². The number of para-hydroxylation sites is 1. The summed E-state index contributed by atoms with van der Waals surface area (Å²) in [5.41, 5.74) is 19.2. The normalized spacial score (nSPS) is 13.7. The molecule has 2 aliphatic rings. The predicted molar refractivity (Wildman–Crippen MR) is 243 cm³/mol. The number of rotatable bonds is 7. The highest BCUT2D eigenvalue weighted by molar-refractivity contribution is 6.06. The van der Waals surface area contributed by atoms with Crippen LogP contribution in [0.3, 0.4) is 0 Å². The first-order valence-corrected chi connectivity index (χ1v) is 20.0. The molecule has 0 N–H and O–H groups in total. The van der Waals surface area contributed by atoms with E-state index in [0.29, 0.717) is 0 Å². The molecule has 0 saturated heterocycles. The van der Waals surface area contributed by atoms with Gasteiger partial charge in [-0.05, 0) is 117 Å². The fourth-order valence-electron chi connectivity index (χ4n) is 9.79. The minimum absolute atomic E-state index is 0.503. The van der Waals surface area contributed by atoms with E-state index >= 15 is 0 Å². The summed E-state index contributed by atoms with van der Waals surface area (Å²) >= 11 is 0. The Bertz CT molecular complexity index is 3080. The molecule has 2 heteroatoms. The van der Waals surface area contributed by atoms with E-state index in [2.05, 4.69) is 213 Å². The van der Waals surface area contributed by atoms with Crippen LogP contribution in [-0.4, -0.2) is 0 Å². The summed E-state index contributed by atoms with van der Waals surface area (Å²) in [6, 6.07) is 68.0. The van der Waals surface area contributed by atoms with Gasteiger partial charge in [0.15, 0.2) is 0 Å². The SMILES string of the molecule is C=CC1=C(/C=C\C)c2c(N(c3ccc(-c4ccccc4)cc3)c3ccc(-c4ccc5c(c4)oc4ccccc45)cc3)cccc2C12c1ccccc1-c1ccccc12. The first-order valence-electron chi connectivity index (χ1n) is 20.0. The van der Waals surface area contributed by atoms with Crippen LogP contribution in [0.25, 0.3) is 60.9 Å². The molecule has 0 radical (unpaired) electrons. The molecule has 1 heterocycles. The van der Waals surface area contributed by atoms with Gasteiger partial charge in [-0.25, -0.2) is 0 Å². The third-order valence-electron chi connectivity index (χ3n) is 12.2. The monoisotopic (exact) mass is 741 g/mol. The second-order valence-electron chi connectivity index (χ2n) is 15.2. The Labute approximate surface area is 339 Å². The third kappa shape index (κ3) is 4.92. The summed E-state index contributed by atoms with van der Waals surface area (Å²) in [5.74, 6) is 0. The molecule has 0 unspecified atom stereocenters. The lowest BCUT2D eigenvalue weighted by Gasteiger charge is -2.33. The first kappa shape index (κ1) is 33.9. The van der Waals surface area contributed by atoms with E-state index in [-0.39, 0.29) is 0 Å². The Balaban J connectivity index is 1.12. The van der Waals surface area contributed by atoms with Crippen LogP contribution >= 0.6 is 0 Å². The van der Waals surface area contributed by atoms with E-state index < -0.39 is 5.41 Å². The summed E-state index contributed by atoms with van der Waals surface area (Å²) in [4.78, 5) is 2.43. The van der Waals surface area contributed by atoms with Crippen LogP contribution in [0.1, 0.15) is 29.2 Å². The summed E-state index contributed by atoms with van der Waals surface area (Å²) in [5, 5.41) is 2.27. The van der Waals surface area contributed by atoms with Gasteiger partial charge in [0.05, 0.1) is 11.1 Å². The van der Waals surface area contributed by atoms with Gasteiger partial charge >= 0.3 is 0 Å². The van der Waals surface area contributed by atoms with Crippen LogP contribution in [0.2, 0.25) is 0 Å². The van der Waals surface area contributed by atoms with E-state index in [9.17, 15) is 0 Å². The van der Waals surface area contributed by atoms with Gasteiger partial charge in [0.25, 0.3) is 0 Å². The predicted octanol–water partition coefficient (Wildman–Crippen LogP) is 15.2. The van der Waals surface area contributed by atoms with Crippen molar-refractivity contribution in [3.05, 3.63) is 241 Å². The van der Waals surface area contributed by atoms with Crippen molar-refractivity contribution in [3.63, 3.8) is 0 Å². The van der Waals surface area contributed by atoms with Crippen molar-refractivity contribution in [2.75, 3.05) is 4.90 Å². The second-order valence-corrected chi connectivity index (χ2v) is 15.2. The third-order valence-corrected chi connectivity index (χ3v) is 12.2. The van der Waals surface area contributed by atoms with Crippen molar-refractivity contribution >= 4 is 44.6 Å². The van der Waals surface area contributed by atoms with Crippen LogP contribution < -0.4 is 4.90 Å². The largest absolute Gasteiger partial charge is 0.456 e. The van der Waals surface area contributed by atoms with Crippen molar-refractivity contribution in [1.82, 2.24) is 0 Å². The highest BCUT2D eigenvalue weighted by atomic mass is 16.3. The highest BCUT2D eigenvalue weighted by Crippen LogP contribution is 2.64. The van der Waals surface area contributed by atoms with Gasteiger partial charge in [-0.2, -0.15) is 0 Å². The van der Waals surface area contributed by atoms with Crippen LogP contribution in [0.4, 0.5) is 17.1 Å². The molecule has 0 amide bonds. The molecule has 2 nitrogen and oxygen atoms in total. The zero-order valence-corrected chi connectivity index (χ0v) is 32.2. The van der Waals surface area contributed by atoms with Crippen molar-refractivity contribution in [2.24, 2.45) is 0 Å². The molecule has 0 atom stereocenters. The van der Waals surface area contributed by atoms with Gasteiger partial charge < -0.3 is 9.32 Å². The van der Waals surface area contributed by atoms with E-state index in [1.165, 1.54) is 55.7 Å². The fourth-order valence-corrected chi connectivity index (χ4v) is 9.79. The average Bonchev–Trinajstić information content (AvgIpc) is 3.91. The lowest BCUT2D eigenvalue weighted by atomic mass is 9.69. The number of nitrogens with zero attached hydrogens (tertiary/aromatic N) is 1. The van der Waals surface area contributed by atoms with Crippen molar-refractivity contribution in [3.8, 4) is 33.4 Å². The molecule has 1 spiro atoms. The van der Waals surface area contributed by atoms with E-state index in [0.717, 1.165) is 50.1 Å². The highest BCUT2D eigenvalue weighted by Gasteiger charge is 2.52. The summed E-state index contributed by atoms with van der Waals surface area (Å²) in [7, 11) is 0. The molecule has 0 fully saturated rings. The number of anilines is 3. The van der Waals surface area contributed by atoms with Crippen LogP contribution in [-0.2, 0) is 5.41 Å². The fraction of sp³-hybridized carbons (Fsp3) is 0.0357. The molecule has 274 valence electrons. The Morgan fingerprint density at radius 2 is 1.05 bits per heavy atom. The first-order chi connectivity index (χ1) is 28.7. The quantitative estimate of drug-likeness (QED) is 0.162. The molecule has 0 saturated carbocycles. The Hall–Kier alpha value is -7.42. The number of fused-ring (bicyclic) bond motifs is 10. The molecule has 9 aromatic rings.